The molecule has 1 saturated heterocycles. The zero-order valence-electron chi connectivity index (χ0n) is 12.9. The number of nitrogens with zero attached hydrogens (tertiary/aromatic N) is 1. The van der Waals surface area contributed by atoms with E-state index in [-0.39, 0.29) is 5.91 Å². The smallest absolute Gasteiger partial charge is 0.237 e. The van der Waals surface area contributed by atoms with E-state index >= 15 is 0 Å². The van der Waals surface area contributed by atoms with Crippen LogP contribution in [0.2, 0.25) is 0 Å². The van der Waals surface area contributed by atoms with Gasteiger partial charge in [0.1, 0.15) is 0 Å². The van der Waals surface area contributed by atoms with Crippen molar-refractivity contribution in [3.05, 3.63) is 35.9 Å². The zero-order valence-corrected chi connectivity index (χ0v) is 12.9. The minimum Gasteiger partial charge on any atom is -0.354 e. The molecule has 0 bridgehead atoms. The van der Waals surface area contributed by atoms with Gasteiger partial charge in [0.05, 0.1) is 6.04 Å². The van der Waals surface area contributed by atoms with Gasteiger partial charge in [-0.3, -0.25) is 4.79 Å². The quantitative estimate of drug-likeness (QED) is 0.798. The second kappa shape index (κ2) is 8.15. The predicted molar refractivity (Wildman–Crippen MR) is 86.0 cm³/mol. The zero-order chi connectivity index (χ0) is 15.1. The van der Waals surface area contributed by atoms with Crippen LogP contribution in [0.25, 0.3) is 0 Å². The minimum absolute atomic E-state index is 0.0490. The molecule has 1 unspecified atom stereocenters. The van der Waals surface area contributed by atoms with Crippen molar-refractivity contribution in [1.82, 2.24) is 10.2 Å². The minimum atomic E-state index is -0.466. The fourth-order valence-corrected chi connectivity index (χ4v) is 2.84. The molecule has 3 N–H and O–H groups in total. The molecule has 0 radical (unpaired) electrons. The third-order valence-electron chi connectivity index (χ3n) is 4.03. The van der Waals surface area contributed by atoms with Gasteiger partial charge in [0.25, 0.3) is 0 Å². The Morgan fingerprint density at radius 1 is 1.29 bits per heavy atom. The average molecular weight is 289 g/mol. The Bertz CT molecular complexity index is 429. The van der Waals surface area contributed by atoms with Gasteiger partial charge in [-0.2, -0.15) is 0 Å². The van der Waals surface area contributed by atoms with Crippen LogP contribution >= 0.6 is 0 Å². The number of rotatable bonds is 7. The van der Waals surface area contributed by atoms with E-state index in [9.17, 15) is 4.79 Å². The number of carbonyl (C=O) groups excluding carboxylic acids is 1. The largest absolute Gasteiger partial charge is 0.354 e. The third-order valence-corrected chi connectivity index (χ3v) is 4.03. The number of hydrogen-bond acceptors (Lipinski definition) is 3. The molecule has 1 aromatic carbocycles. The number of carbonyl (C=O) groups is 1. The molecule has 1 fully saturated rings. The van der Waals surface area contributed by atoms with Crippen LogP contribution in [-0.2, 0) is 11.2 Å². The lowest BCUT2D eigenvalue weighted by Crippen LogP contribution is -2.44. The Labute approximate surface area is 127 Å². The number of hydrogen-bond donors (Lipinski definition) is 2. The first-order chi connectivity index (χ1) is 10.1. The van der Waals surface area contributed by atoms with Crippen molar-refractivity contribution in [1.29, 1.82) is 0 Å². The highest BCUT2D eigenvalue weighted by Gasteiger charge is 2.17. The van der Waals surface area contributed by atoms with E-state index < -0.39 is 6.04 Å². The number of amides is 1. The molecular weight excluding hydrogens is 262 g/mol. The Hall–Kier alpha value is -1.39. The highest BCUT2D eigenvalue weighted by atomic mass is 16.2. The molecule has 2 atom stereocenters. The van der Waals surface area contributed by atoms with Gasteiger partial charge >= 0.3 is 0 Å². The van der Waals surface area contributed by atoms with Gasteiger partial charge in [-0.15, -0.1) is 0 Å². The van der Waals surface area contributed by atoms with Crippen molar-refractivity contribution < 1.29 is 4.79 Å². The summed E-state index contributed by atoms with van der Waals surface area (Å²) in [5, 5.41) is 2.99. The van der Waals surface area contributed by atoms with E-state index in [1.807, 2.05) is 30.3 Å². The van der Waals surface area contributed by atoms with Gasteiger partial charge < -0.3 is 16.0 Å². The monoisotopic (exact) mass is 289 g/mol. The Morgan fingerprint density at radius 3 is 2.62 bits per heavy atom. The number of nitrogens with two attached hydrogens (primary N) is 1. The standard InChI is InChI=1S/C17H27N3O/c1-14(13-20-9-5-6-10-20)12-19-17(21)16(18)11-15-7-3-2-4-8-15/h2-4,7-8,14,16H,5-6,9-13,18H2,1H3,(H,19,21)/t14?,16-/m1/s1. The van der Waals surface area contributed by atoms with Crippen LogP contribution in [-0.4, -0.2) is 43.0 Å². The van der Waals surface area contributed by atoms with Gasteiger partial charge in [-0.1, -0.05) is 37.3 Å². The van der Waals surface area contributed by atoms with E-state index in [2.05, 4.69) is 17.1 Å². The molecule has 4 nitrogen and oxygen atoms in total. The van der Waals surface area contributed by atoms with Crippen LogP contribution in [0.3, 0.4) is 0 Å². The maximum absolute atomic E-state index is 12.0. The van der Waals surface area contributed by atoms with E-state index in [0.29, 0.717) is 18.9 Å². The topological polar surface area (TPSA) is 58.4 Å². The first-order valence-electron chi connectivity index (χ1n) is 7.94. The fraction of sp³-hybridized carbons (Fsp3) is 0.588. The molecule has 2 rings (SSSR count). The average Bonchev–Trinajstić information content (AvgIpc) is 2.98. The van der Waals surface area contributed by atoms with Crippen molar-refractivity contribution in [3.63, 3.8) is 0 Å². The summed E-state index contributed by atoms with van der Waals surface area (Å²) >= 11 is 0. The van der Waals surface area contributed by atoms with Crippen LogP contribution in [0.15, 0.2) is 30.3 Å². The summed E-state index contributed by atoms with van der Waals surface area (Å²) in [6, 6.07) is 9.45. The molecule has 1 aliphatic heterocycles. The van der Waals surface area contributed by atoms with Gasteiger partial charge in [0, 0.05) is 13.1 Å². The summed E-state index contributed by atoms with van der Waals surface area (Å²) in [6.45, 7) is 6.35. The maximum atomic E-state index is 12.0. The summed E-state index contributed by atoms with van der Waals surface area (Å²) in [7, 11) is 0. The van der Waals surface area contributed by atoms with Gasteiger partial charge in [0.15, 0.2) is 0 Å². The molecule has 1 heterocycles. The van der Waals surface area contributed by atoms with Crippen LogP contribution in [0.1, 0.15) is 25.3 Å². The van der Waals surface area contributed by atoms with Crippen LogP contribution in [0, 0.1) is 5.92 Å². The number of likely N-dealkylation sites (tertiary alicyclic amines) is 1. The van der Waals surface area contributed by atoms with Crippen LogP contribution in [0.5, 0.6) is 0 Å². The van der Waals surface area contributed by atoms with E-state index in [1.54, 1.807) is 0 Å². The lowest BCUT2D eigenvalue weighted by atomic mass is 10.1. The summed E-state index contributed by atoms with van der Waals surface area (Å²) in [6.07, 6.45) is 3.20. The lowest BCUT2D eigenvalue weighted by Gasteiger charge is -2.21. The van der Waals surface area contributed by atoms with Gasteiger partial charge in [-0.05, 0) is 43.8 Å². The second-order valence-electron chi connectivity index (χ2n) is 6.15. The molecule has 0 saturated carbocycles. The van der Waals surface area contributed by atoms with Crippen molar-refractivity contribution in [2.75, 3.05) is 26.2 Å². The molecule has 0 aromatic heterocycles. The molecule has 4 heteroatoms. The van der Waals surface area contributed by atoms with E-state index in [0.717, 1.165) is 12.1 Å². The van der Waals surface area contributed by atoms with Gasteiger partial charge in [0.2, 0.25) is 5.91 Å². The lowest BCUT2D eigenvalue weighted by molar-refractivity contribution is -0.122. The first kappa shape index (κ1) is 16.0. The predicted octanol–water partition coefficient (Wildman–Crippen LogP) is 1.40. The summed E-state index contributed by atoms with van der Waals surface area (Å²) in [5.74, 6) is 0.420. The van der Waals surface area contributed by atoms with Crippen LogP contribution < -0.4 is 11.1 Å². The van der Waals surface area contributed by atoms with E-state index in [4.69, 9.17) is 5.73 Å². The fourth-order valence-electron chi connectivity index (χ4n) is 2.84. The maximum Gasteiger partial charge on any atom is 0.237 e. The number of benzene rings is 1. The molecule has 1 aliphatic rings. The molecule has 1 aromatic rings. The van der Waals surface area contributed by atoms with Crippen molar-refractivity contribution >= 4 is 5.91 Å². The van der Waals surface area contributed by atoms with Crippen molar-refractivity contribution in [2.24, 2.45) is 11.7 Å². The normalized spacial score (nSPS) is 18.4. The van der Waals surface area contributed by atoms with Crippen LogP contribution in [0.4, 0.5) is 0 Å². The molecular formula is C17H27N3O. The summed E-state index contributed by atoms with van der Waals surface area (Å²) in [4.78, 5) is 14.5. The van der Waals surface area contributed by atoms with Crippen molar-refractivity contribution in [2.45, 2.75) is 32.2 Å². The molecule has 0 spiro atoms. The summed E-state index contributed by atoms with van der Waals surface area (Å²) < 4.78 is 0. The first-order valence-corrected chi connectivity index (χ1v) is 7.94. The van der Waals surface area contributed by atoms with Crippen molar-refractivity contribution in [3.8, 4) is 0 Å². The molecule has 116 valence electrons. The Morgan fingerprint density at radius 2 is 1.95 bits per heavy atom. The SMILES string of the molecule is CC(CNC(=O)[C@H](N)Cc1ccccc1)CN1CCCC1. The van der Waals surface area contributed by atoms with Gasteiger partial charge in [-0.25, -0.2) is 0 Å². The second-order valence-corrected chi connectivity index (χ2v) is 6.15. The molecule has 21 heavy (non-hydrogen) atoms. The van der Waals surface area contributed by atoms with E-state index in [1.165, 1.54) is 25.9 Å². The number of nitrogens with one attached hydrogen (secondary N) is 1. The highest BCUT2D eigenvalue weighted by molar-refractivity contribution is 5.81. The molecule has 1 amide bonds. The third kappa shape index (κ3) is 5.48. The Kier molecular flexibility index (Phi) is 6.21. The Balaban J connectivity index is 1.68. The molecule has 0 aliphatic carbocycles. The summed E-state index contributed by atoms with van der Waals surface area (Å²) in [5.41, 5.74) is 7.08. The highest BCUT2D eigenvalue weighted by Crippen LogP contribution is 2.09.